The number of halogens is 1. The Hall–Kier alpha value is -1.65. The number of fused-ring (bicyclic) bond motifs is 1. The van der Waals surface area contributed by atoms with Gasteiger partial charge >= 0.3 is 7.60 Å². The molecule has 0 radical (unpaired) electrons. The molecule has 3 rings (SSSR count). The molecule has 0 amide bonds. The summed E-state index contributed by atoms with van der Waals surface area (Å²) in [5.41, 5.74) is 2.92. The monoisotopic (exact) mass is 476 g/mol. The Balaban J connectivity index is 1.96. The number of hydrogen-bond donors (Lipinski definition) is 1. The Labute approximate surface area is 180 Å². The van der Waals surface area contributed by atoms with Crippen LogP contribution in [0.4, 0.5) is 0 Å². The fourth-order valence-electron chi connectivity index (χ4n) is 3.25. The van der Waals surface area contributed by atoms with Crippen molar-refractivity contribution < 1.29 is 18.7 Å². The summed E-state index contributed by atoms with van der Waals surface area (Å²) in [6.07, 6.45) is 0.391. The Bertz CT molecular complexity index is 1010. The lowest BCUT2D eigenvalue weighted by atomic mass is 10.00. The van der Waals surface area contributed by atoms with E-state index in [1.165, 1.54) is 0 Å². The van der Waals surface area contributed by atoms with E-state index in [9.17, 15) is 9.46 Å². The number of ether oxygens (including phenoxy) is 1. The van der Waals surface area contributed by atoms with E-state index >= 15 is 0 Å². The molecule has 0 aliphatic rings. The fraction of sp³-hybridized carbons (Fsp3) is 0.304. The average molecular weight is 477 g/mol. The zero-order chi connectivity index (χ0) is 20.9. The van der Waals surface area contributed by atoms with Crippen LogP contribution in [-0.4, -0.2) is 11.0 Å². The molecule has 2 atom stereocenters. The number of benzene rings is 3. The molecule has 6 heteroatoms. The summed E-state index contributed by atoms with van der Waals surface area (Å²) in [5.74, 6) is 0.756. The van der Waals surface area contributed by atoms with Crippen molar-refractivity contribution in [3.8, 4) is 5.75 Å². The maximum Gasteiger partial charge on any atom is 0.332 e. The summed E-state index contributed by atoms with van der Waals surface area (Å²) in [7, 11) is -3.76. The molecule has 0 aromatic heterocycles. The Morgan fingerprint density at radius 2 is 1.79 bits per heavy atom. The van der Waals surface area contributed by atoms with Crippen molar-refractivity contribution in [1.29, 1.82) is 0 Å². The van der Waals surface area contributed by atoms with Gasteiger partial charge in [-0.05, 0) is 41.5 Å². The lowest BCUT2D eigenvalue weighted by Gasteiger charge is -2.19. The molecule has 29 heavy (non-hydrogen) atoms. The van der Waals surface area contributed by atoms with Gasteiger partial charge in [0.05, 0.1) is 12.3 Å². The summed E-state index contributed by atoms with van der Waals surface area (Å²) < 4.78 is 24.2. The van der Waals surface area contributed by atoms with Crippen LogP contribution >= 0.6 is 23.5 Å². The van der Waals surface area contributed by atoms with Gasteiger partial charge in [0, 0.05) is 10.7 Å². The quantitative estimate of drug-likeness (QED) is 0.272. The molecule has 0 heterocycles. The van der Waals surface area contributed by atoms with Crippen molar-refractivity contribution in [2.45, 2.75) is 44.5 Å². The maximum absolute atomic E-state index is 12.7. The van der Waals surface area contributed by atoms with E-state index in [2.05, 4.69) is 15.9 Å². The third-order valence-electron chi connectivity index (χ3n) is 4.84. The molecule has 0 bridgehead atoms. The molecule has 0 aliphatic heterocycles. The summed E-state index contributed by atoms with van der Waals surface area (Å²) in [6, 6.07) is 19.7. The van der Waals surface area contributed by atoms with E-state index in [0.29, 0.717) is 18.4 Å². The highest BCUT2D eigenvalue weighted by Gasteiger charge is 2.25. The average Bonchev–Trinajstić information content (AvgIpc) is 2.72. The molecule has 0 aliphatic carbocycles. The minimum atomic E-state index is -3.76. The van der Waals surface area contributed by atoms with Crippen LogP contribution in [-0.2, 0) is 27.2 Å². The number of hydrogen-bond acceptors (Lipinski definition) is 3. The maximum atomic E-state index is 12.7. The zero-order valence-corrected chi connectivity index (χ0v) is 19.2. The van der Waals surface area contributed by atoms with Gasteiger partial charge in [0.2, 0.25) is 0 Å². The molecule has 3 aromatic rings. The largest absolute Gasteiger partial charge is 0.488 e. The summed E-state index contributed by atoms with van der Waals surface area (Å²) >= 11 is 3.54. The van der Waals surface area contributed by atoms with Crippen LogP contribution in [0.5, 0.6) is 5.75 Å². The van der Waals surface area contributed by atoms with Gasteiger partial charge in [0.15, 0.2) is 0 Å². The summed E-state index contributed by atoms with van der Waals surface area (Å²) in [6.45, 7) is 4.21. The molecular weight excluding hydrogens is 451 g/mol. The minimum Gasteiger partial charge on any atom is -0.488 e. The first-order chi connectivity index (χ1) is 13.9. The van der Waals surface area contributed by atoms with Gasteiger partial charge in [0.1, 0.15) is 12.4 Å². The van der Waals surface area contributed by atoms with E-state index in [1.807, 2.05) is 74.5 Å². The molecule has 2 unspecified atom stereocenters. The van der Waals surface area contributed by atoms with Crippen molar-refractivity contribution >= 4 is 34.3 Å². The molecule has 0 saturated carbocycles. The molecule has 1 N–H and O–H groups in total. The Morgan fingerprint density at radius 3 is 2.48 bits per heavy atom. The van der Waals surface area contributed by atoms with Gasteiger partial charge < -0.3 is 14.2 Å². The van der Waals surface area contributed by atoms with Gasteiger partial charge in [-0.25, -0.2) is 0 Å². The van der Waals surface area contributed by atoms with Crippen molar-refractivity contribution in [2.75, 3.05) is 0 Å². The molecule has 0 saturated heterocycles. The predicted octanol–water partition coefficient (Wildman–Crippen LogP) is 6.81. The molecule has 154 valence electrons. The highest BCUT2D eigenvalue weighted by Crippen LogP contribution is 2.49. The van der Waals surface area contributed by atoms with E-state index in [0.717, 1.165) is 33.2 Å². The van der Waals surface area contributed by atoms with Crippen LogP contribution in [0.3, 0.4) is 0 Å². The SMILES string of the molecule is CCC(C)OP(=O)(O)Cc1ccc(OCc2ccccc2)c2cccc(CBr)c12. The molecular formula is C23H26BrO4P. The van der Waals surface area contributed by atoms with Crippen LogP contribution in [0.25, 0.3) is 10.8 Å². The summed E-state index contributed by atoms with van der Waals surface area (Å²) in [5, 5.41) is 2.51. The Kier molecular flexibility index (Phi) is 7.53. The lowest BCUT2D eigenvalue weighted by Crippen LogP contribution is -2.06. The third-order valence-corrected chi connectivity index (χ3v) is 6.88. The van der Waals surface area contributed by atoms with Gasteiger partial charge in [-0.2, -0.15) is 0 Å². The van der Waals surface area contributed by atoms with E-state index < -0.39 is 7.60 Å². The standard InChI is InChI=1S/C23H26BrO4P/c1-3-17(2)28-29(25,26)16-20-12-13-22(27-15-18-8-5-4-6-9-18)21-11-7-10-19(14-24)23(20)21/h4-13,17H,3,14-16H2,1-2H3,(H,25,26). The van der Waals surface area contributed by atoms with Crippen molar-refractivity contribution in [3.05, 3.63) is 77.4 Å². The van der Waals surface area contributed by atoms with E-state index in [4.69, 9.17) is 9.26 Å². The smallest absolute Gasteiger partial charge is 0.332 e. The van der Waals surface area contributed by atoms with Gasteiger partial charge in [0.25, 0.3) is 0 Å². The predicted molar refractivity (Wildman–Crippen MR) is 122 cm³/mol. The van der Waals surface area contributed by atoms with Crippen LogP contribution in [0.2, 0.25) is 0 Å². The topological polar surface area (TPSA) is 55.8 Å². The molecule has 3 aromatic carbocycles. The minimum absolute atomic E-state index is 0.0309. The second-order valence-corrected chi connectivity index (χ2v) is 9.45. The number of alkyl halides is 1. The van der Waals surface area contributed by atoms with Crippen LogP contribution < -0.4 is 4.74 Å². The highest BCUT2D eigenvalue weighted by molar-refractivity contribution is 9.08. The van der Waals surface area contributed by atoms with Crippen molar-refractivity contribution in [3.63, 3.8) is 0 Å². The second kappa shape index (κ2) is 9.90. The van der Waals surface area contributed by atoms with Crippen LogP contribution in [0.15, 0.2) is 60.7 Å². The molecule has 4 nitrogen and oxygen atoms in total. The first-order valence-corrected chi connectivity index (χ1v) is 12.6. The third kappa shape index (κ3) is 5.70. The number of rotatable bonds is 9. The summed E-state index contributed by atoms with van der Waals surface area (Å²) in [4.78, 5) is 10.4. The van der Waals surface area contributed by atoms with E-state index in [1.54, 1.807) is 0 Å². The zero-order valence-electron chi connectivity index (χ0n) is 16.7. The van der Waals surface area contributed by atoms with Crippen molar-refractivity contribution in [2.24, 2.45) is 0 Å². The molecule has 0 spiro atoms. The highest BCUT2D eigenvalue weighted by atomic mass is 79.9. The first-order valence-electron chi connectivity index (χ1n) is 9.70. The fourth-order valence-corrected chi connectivity index (χ4v) is 5.19. The van der Waals surface area contributed by atoms with Crippen molar-refractivity contribution in [1.82, 2.24) is 0 Å². The van der Waals surface area contributed by atoms with E-state index in [-0.39, 0.29) is 12.3 Å². The first kappa shape index (κ1) is 22.0. The lowest BCUT2D eigenvalue weighted by molar-refractivity contribution is 0.185. The second-order valence-electron chi connectivity index (χ2n) is 7.09. The molecule has 0 fully saturated rings. The Morgan fingerprint density at radius 1 is 1.03 bits per heavy atom. The van der Waals surface area contributed by atoms with Gasteiger partial charge in [-0.15, -0.1) is 0 Å². The van der Waals surface area contributed by atoms with Gasteiger partial charge in [-0.3, -0.25) is 4.57 Å². The normalized spacial score (nSPS) is 14.5. The van der Waals surface area contributed by atoms with Gasteiger partial charge in [-0.1, -0.05) is 77.5 Å². The van der Waals surface area contributed by atoms with Crippen LogP contribution in [0.1, 0.15) is 37.0 Å². The van der Waals surface area contributed by atoms with Crippen LogP contribution in [0, 0.1) is 0 Å².